The van der Waals surface area contributed by atoms with Crippen LogP contribution in [0.5, 0.6) is 5.88 Å². The summed E-state index contributed by atoms with van der Waals surface area (Å²) in [4.78, 5) is 23.1. The second-order valence-electron chi connectivity index (χ2n) is 6.40. The predicted molar refractivity (Wildman–Crippen MR) is 100 cm³/mol. The van der Waals surface area contributed by atoms with Crippen molar-refractivity contribution in [3.05, 3.63) is 35.0 Å². The minimum atomic E-state index is -0.0954. The van der Waals surface area contributed by atoms with Crippen LogP contribution in [0.3, 0.4) is 0 Å². The van der Waals surface area contributed by atoms with E-state index in [4.69, 9.17) is 9.47 Å². The summed E-state index contributed by atoms with van der Waals surface area (Å²) in [6, 6.07) is 4.01. The molecule has 1 saturated heterocycles. The molecule has 1 aliphatic heterocycles. The molecule has 26 heavy (non-hydrogen) atoms. The van der Waals surface area contributed by atoms with E-state index in [1.807, 2.05) is 18.3 Å². The van der Waals surface area contributed by atoms with Crippen molar-refractivity contribution in [2.75, 3.05) is 38.7 Å². The summed E-state index contributed by atoms with van der Waals surface area (Å²) in [5, 5.41) is 3.39. The highest BCUT2D eigenvalue weighted by Gasteiger charge is 2.20. The van der Waals surface area contributed by atoms with Crippen molar-refractivity contribution >= 4 is 22.4 Å². The molecular formula is C18H24N4O3S. The Hall–Kier alpha value is -2.03. The van der Waals surface area contributed by atoms with Crippen LogP contribution in [0.15, 0.2) is 24.5 Å². The zero-order valence-corrected chi connectivity index (χ0v) is 15.9. The van der Waals surface area contributed by atoms with E-state index < -0.39 is 0 Å². The number of hydrogen-bond acceptors (Lipinski definition) is 7. The molecular weight excluding hydrogens is 352 g/mol. The quantitative estimate of drug-likeness (QED) is 0.833. The largest absolute Gasteiger partial charge is 0.481 e. The van der Waals surface area contributed by atoms with Gasteiger partial charge >= 0.3 is 0 Å². The molecule has 1 N–H and O–H groups in total. The van der Waals surface area contributed by atoms with Gasteiger partial charge in [-0.25, -0.2) is 9.97 Å². The molecule has 8 heteroatoms. The Morgan fingerprint density at radius 2 is 2.38 bits per heavy atom. The third kappa shape index (κ3) is 5.48. The Kier molecular flexibility index (Phi) is 6.54. The number of anilines is 1. The zero-order chi connectivity index (χ0) is 18.4. The third-order valence-corrected chi connectivity index (χ3v) is 5.07. The SMILES string of the molecule is COc1cc(CC2COCCN(Cc3cnc(NC(C)=O)s3)C2)ccn1. The van der Waals surface area contributed by atoms with Crippen LogP contribution in [0.4, 0.5) is 5.13 Å². The average Bonchev–Trinajstić information content (AvgIpc) is 2.92. The van der Waals surface area contributed by atoms with Gasteiger partial charge in [-0.1, -0.05) is 0 Å². The van der Waals surface area contributed by atoms with Gasteiger partial charge in [0, 0.05) is 49.9 Å². The molecule has 140 valence electrons. The number of nitrogens with zero attached hydrogens (tertiary/aromatic N) is 3. The van der Waals surface area contributed by atoms with Gasteiger partial charge in [-0.15, -0.1) is 11.3 Å². The lowest BCUT2D eigenvalue weighted by Gasteiger charge is -2.22. The van der Waals surface area contributed by atoms with Crippen molar-refractivity contribution in [2.24, 2.45) is 5.92 Å². The highest BCUT2D eigenvalue weighted by molar-refractivity contribution is 7.15. The Morgan fingerprint density at radius 3 is 3.19 bits per heavy atom. The van der Waals surface area contributed by atoms with E-state index in [-0.39, 0.29) is 5.91 Å². The van der Waals surface area contributed by atoms with E-state index in [2.05, 4.69) is 20.2 Å². The van der Waals surface area contributed by atoms with Crippen LogP contribution in [-0.2, 0) is 22.5 Å². The lowest BCUT2D eigenvalue weighted by atomic mass is 10.0. The van der Waals surface area contributed by atoms with Crippen LogP contribution in [-0.4, -0.2) is 54.2 Å². The number of thiazole rings is 1. The summed E-state index contributed by atoms with van der Waals surface area (Å²) in [5.74, 6) is 0.957. The normalized spacial score (nSPS) is 18.3. The fourth-order valence-electron chi connectivity index (χ4n) is 3.05. The van der Waals surface area contributed by atoms with Crippen molar-refractivity contribution < 1.29 is 14.3 Å². The number of rotatable bonds is 6. The van der Waals surface area contributed by atoms with E-state index in [1.54, 1.807) is 13.3 Å². The molecule has 0 aliphatic carbocycles. The van der Waals surface area contributed by atoms with Gasteiger partial charge in [0.2, 0.25) is 11.8 Å². The van der Waals surface area contributed by atoms with Crippen LogP contribution in [0.2, 0.25) is 0 Å². The van der Waals surface area contributed by atoms with Crippen LogP contribution in [0, 0.1) is 5.92 Å². The number of amides is 1. The molecule has 0 radical (unpaired) electrons. The minimum absolute atomic E-state index is 0.0954. The monoisotopic (exact) mass is 376 g/mol. The van der Waals surface area contributed by atoms with Crippen molar-refractivity contribution in [3.63, 3.8) is 0 Å². The number of nitrogens with one attached hydrogen (secondary N) is 1. The standard InChI is InChI=1S/C18H24N4O3S/c1-13(23)21-18-20-9-16(26-18)11-22-5-6-25-12-15(10-22)7-14-3-4-19-17(8-14)24-2/h3-4,8-9,15H,5-7,10-12H2,1-2H3,(H,20,21,23). The zero-order valence-electron chi connectivity index (χ0n) is 15.1. The number of carbonyl (C=O) groups is 1. The first-order valence-electron chi connectivity index (χ1n) is 8.63. The van der Waals surface area contributed by atoms with Gasteiger partial charge in [0.25, 0.3) is 0 Å². The van der Waals surface area contributed by atoms with Crippen molar-refractivity contribution in [1.29, 1.82) is 0 Å². The Balaban J connectivity index is 1.59. The van der Waals surface area contributed by atoms with Gasteiger partial charge in [0.15, 0.2) is 5.13 Å². The summed E-state index contributed by atoms with van der Waals surface area (Å²) < 4.78 is 11.0. The van der Waals surface area contributed by atoms with Crippen LogP contribution < -0.4 is 10.1 Å². The Morgan fingerprint density at radius 1 is 1.50 bits per heavy atom. The number of ether oxygens (including phenoxy) is 2. The predicted octanol–water partition coefficient (Wildman–Crippen LogP) is 2.20. The van der Waals surface area contributed by atoms with E-state index in [0.717, 1.165) is 44.1 Å². The molecule has 3 rings (SSSR count). The number of aromatic nitrogens is 2. The first-order valence-corrected chi connectivity index (χ1v) is 9.45. The summed E-state index contributed by atoms with van der Waals surface area (Å²) in [6.45, 7) is 5.64. The molecule has 1 aliphatic rings. The lowest BCUT2D eigenvalue weighted by Crippen LogP contribution is -2.30. The Bertz CT molecular complexity index is 737. The molecule has 3 heterocycles. The maximum atomic E-state index is 11.1. The van der Waals surface area contributed by atoms with E-state index >= 15 is 0 Å². The van der Waals surface area contributed by atoms with Gasteiger partial charge in [0.05, 0.1) is 20.3 Å². The third-order valence-electron chi connectivity index (χ3n) is 4.17. The summed E-state index contributed by atoms with van der Waals surface area (Å²) >= 11 is 1.52. The summed E-state index contributed by atoms with van der Waals surface area (Å²) in [7, 11) is 1.63. The number of methoxy groups -OCH3 is 1. The van der Waals surface area contributed by atoms with Crippen LogP contribution in [0.25, 0.3) is 0 Å². The maximum Gasteiger partial charge on any atom is 0.223 e. The fraction of sp³-hybridized carbons (Fsp3) is 0.500. The van der Waals surface area contributed by atoms with E-state index in [9.17, 15) is 4.79 Å². The van der Waals surface area contributed by atoms with Crippen molar-refractivity contribution in [1.82, 2.24) is 14.9 Å². The first kappa shape index (κ1) is 18.8. The highest BCUT2D eigenvalue weighted by Crippen LogP contribution is 2.22. The summed E-state index contributed by atoms with van der Waals surface area (Å²) in [6.07, 6.45) is 4.55. The molecule has 2 aromatic heterocycles. The average molecular weight is 376 g/mol. The van der Waals surface area contributed by atoms with E-state index in [0.29, 0.717) is 16.9 Å². The number of carbonyl (C=O) groups excluding carboxylic acids is 1. The Labute approximate surface area is 157 Å². The molecule has 2 aromatic rings. The molecule has 0 saturated carbocycles. The van der Waals surface area contributed by atoms with Crippen LogP contribution >= 0.6 is 11.3 Å². The van der Waals surface area contributed by atoms with E-state index in [1.165, 1.54) is 23.8 Å². The second kappa shape index (κ2) is 9.07. The minimum Gasteiger partial charge on any atom is -0.481 e. The molecule has 7 nitrogen and oxygen atoms in total. The smallest absolute Gasteiger partial charge is 0.223 e. The van der Waals surface area contributed by atoms with Gasteiger partial charge < -0.3 is 14.8 Å². The van der Waals surface area contributed by atoms with Crippen molar-refractivity contribution in [2.45, 2.75) is 19.9 Å². The van der Waals surface area contributed by atoms with Gasteiger partial charge in [-0.2, -0.15) is 0 Å². The molecule has 1 atom stereocenters. The maximum absolute atomic E-state index is 11.1. The second-order valence-corrected chi connectivity index (χ2v) is 7.51. The van der Waals surface area contributed by atoms with Gasteiger partial charge in [-0.3, -0.25) is 9.69 Å². The first-order chi connectivity index (χ1) is 12.6. The topological polar surface area (TPSA) is 76.6 Å². The molecule has 0 aromatic carbocycles. The summed E-state index contributed by atoms with van der Waals surface area (Å²) in [5.41, 5.74) is 1.21. The lowest BCUT2D eigenvalue weighted by molar-refractivity contribution is -0.114. The number of hydrogen-bond donors (Lipinski definition) is 1. The van der Waals surface area contributed by atoms with Crippen LogP contribution in [0.1, 0.15) is 17.4 Å². The highest BCUT2D eigenvalue weighted by atomic mass is 32.1. The molecule has 1 amide bonds. The molecule has 1 fully saturated rings. The van der Waals surface area contributed by atoms with Gasteiger partial charge in [-0.05, 0) is 24.0 Å². The fourth-order valence-corrected chi connectivity index (χ4v) is 3.95. The van der Waals surface area contributed by atoms with Crippen molar-refractivity contribution in [3.8, 4) is 5.88 Å². The molecule has 0 bridgehead atoms. The molecule has 1 unspecified atom stereocenters. The number of pyridine rings is 1. The molecule has 0 spiro atoms. The van der Waals surface area contributed by atoms with Gasteiger partial charge in [0.1, 0.15) is 0 Å².